The molecule has 4 nitrogen and oxygen atoms in total. The molecule has 0 saturated carbocycles. The molecule has 0 aliphatic carbocycles. The lowest BCUT2D eigenvalue weighted by atomic mass is 10.2. The van der Waals surface area contributed by atoms with E-state index in [0.29, 0.717) is 5.56 Å². The van der Waals surface area contributed by atoms with Gasteiger partial charge in [0.15, 0.2) is 5.66 Å². The monoisotopic (exact) mass is 191 g/mol. The molecule has 0 aliphatic rings. The molecule has 3 N–H and O–H groups in total. The molecule has 0 saturated heterocycles. The maximum atomic E-state index is 11.4. The Balaban J connectivity index is 2.74. The van der Waals surface area contributed by atoms with Crippen LogP contribution in [0.5, 0.6) is 0 Å². The Bertz CT molecular complexity index is 333. The molecule has 73 valence electrons. The Labute approximate surface area is 82.1 Å². The number of carbonyl (C=O) groups excluding carboxylic acids is 2. The molecular formula is C10H11N2O2. The van der Waals surface area contributed by atoms with Gasteiger partial charge in [-0.2, -0.15) is 0 Å². The second-order valence-corrected chi connectivity index (χ2v) is 3.12. The lowest BCUT2D eigenvalue weighted by Crippen LogP contribution is -2.54. The molecule has 0 bridgehead atoms. The largest absolute Gasteiger partial charge is 0.327 e. The van der Waals surface area contributed by atoms with Gasteiger partial charge >= 0.3 is 0 Å². The summed E-state index contributed by atoms with van der Waals surface area (Å²) in [5, 5.41) is 2.34. The Kier molecular flexibility index (Phi) is 2.99. The van der Waals surface area contributed by atoms with Gasteiger partial charge in [0.05, 0.1) is 0 Å². The molecular weight excluding hydrogens is 180 g/mol. The third-order valence-electron chi connectivity index (χ3n) is 1.62. The van der Waals surface area contributed by atoms with Crippen LogP contribution in [0.3, 0.4) is 0 Å². The first kappa shape index (κ1) is 10.4. The van der Waals surface area contributed by atoms with Gasteiger partial charge in [0.1, 0.15) is 0 Å². The van der Waals surface area contributed by atoms with Crippen molar-refractivity contribution in [1.29, 1.82) is 0 Å². The van der Waals surface area contributed by atoms with Crippen LogP contribution in [0.2, 0.25) is 0 Å². The highest BCUT2D eigenvalue weighted by Crippen LogP contribution is 1.99. The van der Waals surface area contributed by atoms with Crippen molar-refractivity contribution in [3.05, 3.63) is 35.9 Å². The number of rotatable bonds is 3. The zero-order valence-electron chi connectivity index (χ0n) is 7.78. The molecule has 1 aromatic carbocycles. The summed E-state index contributed by atoms with van der Waals surface area (Å²) >= 11 is 0. The van der Waals surface area contributed by atoms with Gasteiger partial charge in [-0.1, -0.05) is 18.2 Å². The quantitative estimate of drug-likeness (QED) is 0.670. The lowest BCUT2D eigenvalue weighted by molar-refractivity contribution is 0.0928. The fourth-order valence-electron chi connectivity index (χ4n) is 0.923. The highest BCUT2D eigenvalue weighted by molar-refractivity contribution is 5.96. The second-order valence-electron chi connectivity index (χ2n) is 3.12. The van der Waals surface area contributed by atoms with Crippen LogP contribution < -0.4 is 11.1 Å². The van der Waals surface area contributed by atoms with E-state index in [1.54, 1.807) is 30.3 Å². The zero-order chi connectivity index (χ0) is 10.6. The number of nitrogens with one attached hydrogen (secondary N) is 1. The summed E-state index contributed by atoms with van der Waals surface area (Å²) in [7, 11) is 0. The molecule has 1 amide bonds. The Morgan fingerprint density at radius 2 is 2.00 bits per heavy atom. The molecule has 0 spiro atoms. The summed E-state index contributed by atoms with van der Waals surface area (Å²) in [5.41, 5.74) is 4.42. The van der Waals surface area contributed by atoms with Gasteiger partial charge in [-0.15, -0.1) is 0 Å². The van der Waals surface area contributed by atoms with Gasteiger partial charge < -0.3 is 11.1 Å². The molecule has 0 aromatic heterocycles. The van der Waals surface area contributed by atoms with E-state index < -0.39 is 5.66 Å². The molecule has 1 aromatic rings. The van der Waals surface area contributed by atoms with Gasteiger partial charge in [-0.3, -0.25) is 9.59 Å². The molecule has 1 radical (unpaired) electrons. The zero-order valence-corrected chi connectivity index (χ0v) is 7.78. The van der Waals surface area contributed by atoms with Crippen molar-refractivity contribution >= 4 is 12.2 Å². The highest BCUT2D eigenvalue weighted by atomic mass is 16.2. The summed E-state index contributed by atoms with van der Waals surface area (Å²) in [6.45, 7) is 1.38. The van der Waals surface area contributed by atoms with Crippen LogP contribution in [-0.4, -0.2) is 17.9 Å². The smallest absolute Gasteiger partial charge is 0.253 e. The molecule has 1 rings (SSSR count). The number of amides is 1. The SMILES string of the molecule is C[C@@](N)([C]=O)NC(=O)c1ccccc1. The summed E-state index contributed by atoms with van der Waals surface area (Å²) in [4.78, 5) is 21.8. The number of hydrogen-bond donors (Lipinski definition) is 2. The number of benzene rings is 1. The van der Waals surface area contributed by atoms with Gasteiger partial charge in [0.25, 0.3) is 5.91 Å². The van der Waals surface area contributed by atoms with Crippen LogP contribution >= 0.6 is 0 Å². The average Bonchev–Trinajstić information content (AvgIpc) is 2.19. The number of hydrogen-bond acceptors (Lipinski definition) is 3. The van der Waals surface area contributed by atoms with Crippen LogP contribution in [0.25, 0.3) is 0 Å². The van der Waals surface area contributed by atoms with Crippen molar-refractivity contribution in [1.82, 2.24) is 5.32 Å². The van der Waals surface area contributed by atoms with E-state index in [1.165, 1.54) is 13.2 Å². The minimum Gasteiger partial charge on any atom is -0.327 e. The first-order chi connectivity index (χ1) is 6.55. The summed E-state index contributed by atoms with van der Waals surface area (Å²) < 4.78 is 0. The van der Waals surface area contributed by atoms with Crippen LogP contribution in [0.4, 0.5) is 0 Å². The summed E-state index contributed by atoms with van der Waals surface area (Å²) in [6.07, 6.45) is 1.54. The average molecular weight is 191 g/mol. The van der Waals surface area contributed by atoms with Crippen LogP contribution in [-0.2, 0) is 4.79 Å². The first-order valence-electron chi connectivity index (χ1n) is 4.11. The number of nitrogens with two attached hydrogens (primary N) is 1. The standard InChI is InChI=1S/C10H11N2O2/c1-10(11,7-13)12-9(14)8-5-3-2-4-6-8/h2-6H,11H2,1H3,(H,12,14)/t10-/m0/s1. The Hall–Kier alpha value is -1.68. The third kappa shape index (κ3) is 2.67. The second kappa shape index (κ2) is 4.02. The van der Waals surface area contributed by atoms with Crippen molar-refractivity contribution in [2.24, 2.45) is 5.73 Å². The fraction of sp³-hybridized carbons (Fsp3) is 0.200. The third-order valence-corrected chi connectivity index (χ3v) is 1.62. The molecule has 14 heavy (non-hydrogen) atoms. The van der Waals surface area contributed by atoms with Crippen molar-refractivity contribution in [2.75, 3.05) is 0 Å². The summed E-state index contributed by atoms with van der Waals surface area (Å²) in [5.74, 6) is -0.390. The molecule has 0 aliphatic heterocycles. The van der Waals surface area contributed by atoms with E-state index in [9.17, 15) is 9.59 Å². The molecule has 0 fully saturated rings. The maximum Gasteiger partial charge on any atom is 0.253 e. The number of carbonyl (C=O) groups is 1. The molecule has 1 atom stereocenters. The van der Waals surface area contributed by atoms with Gasteiger partial charge in [-0.25, -0.2) is 0 Å². The Morgan fingerprint density at radius 3 is 2.50 bits per heavy atom. The minimum atomic E-state index is -1.44. The van der Waals surface area contributed by atoms with Crippen LogP contribution in [0.1, 0.15) is 17.3 Å². The van der Waals surface area contributed by atoms with Crippen molar-refractivity contribution in [2.45, 2.75) is 12.6 Å². The van der Waals surface area contributed by atoms with Gasteiger partial charge in [-0.05, 0) is 19.1 Å². The Morgan fingerprint density at radius 1 is 1.43 bits per heavy atom. The predicted octanol–water partition coefficient (Wildman–Crippen LogP) is 0.201. The normalized spacial score (nSPS) is 14.1. The van der Waals surface area contributed by atoms with Crippen molar-refractivity contribution in [3.8, 4) is 0 Å². The maximum absolute atomic E-state index is 11.4. The molecule has 4 heteroatoms. The topological polar surface area (TPSA) is 72.2 Å². The van der Waals surface area contributed by atoms with E-state index in [4.69, 9.17) is 5.73 Å². The first-order valence-corrected chi connectivity index (χ1v) is 4.11. The minimum absolute atomic E-state index is 0.390. The highest BCUT2D eigenvalue weighted by Gasteiger charge is 2.21. The van der Waals surface area contributed by atoms with E-state index in [1.807, 2.05) is 0 Å². The van der Waals surface area contributed by atoms with E-state index in [-0.39, 0.29) is 5.91 Å². The van der Waals surface area contributed by atoms with E-state index in [0.717, 1.165) is 0 Å². The van der Waals surface area contributed by atoms with Crippen LogP contribution in [0.15, 0.2) is 30.3 Å². The molecule has 0 heterocycles. The van der Waals surface area contributed by atoms with Crippen molar-refractivity contribution < 1.29 is 9.59 Å². The predicted molar refractivity (Wildman–Crippen MR) is 52.2 cm³/mol. The fourth-order valence-corrected chi connectivity index (χ4v) is 0.923. The van der Waals surface area contributed by atoms with E-state index >= 15 is 0 Å². The summed E-state index contributed by atoms with van der Waals surface area (Å²) in [6, 6.07) is 8.53. The van der Waals surface area contributed by atoms with Gasteiger partial charge in [0, 0.05) is 5.56 Å². The van der Waals surface area contributed by atoms with Gasteiger partial charge in [0.2, 0.25) is 6.29 Å². The molecule has 0 unspecified atom stereocenters. The van der Waals surface area contributed by atoms with Crippen molar-refractivity contribution in [3.63, 3.8) is 0 Å². The van der Waals surface area contributed by atoms with E-state index in [2.05, 4.69) is 5.32 Å². The lowest BCUT2D eigenvalue weighted by Gasteiger charge is -2.17. The van der Waals surface area contributed by atoms with Crippen LogP contribution in [0, 0.1) is 0 Å².